The molecule has 4 unspecified atom stereocenters. The standard InChI is InChI=1S/C22H35N5O2/c1-2-23-22(24-9-3-4-11-26-12-5-6-13-26)25-10-14-27-20(28)18-16-7-8-17(15-16)19(18)21(27)29/h7-8,16-19H,2-6,9-15H2,1H3,(H2,23,24,25). The second kappa shape index (κ2) is 9.28. The maximum atomic E-state index is 12.7. The summed E-state index contributed by atoms with van der Waals surface area (Å²) in [6.07, 6.45) is 10.2. The molecule has 0 radical (unpaired) electrons. The average Bonchev–Trinajstić information content (AvgIpc) is 3.49. The minimum Gasteiger partial charge on any atom is -0.357 e. The summed E-state index contributed by atoms with van der Waals surface area (Å²) in [4.78, 5) is 34.1. The van der Waals surface area contributed by atoms with Crippen molar-refractivity contribution in [2.75, 3.05) is 45.8 Å². The zero-order valence-electron chi connectivity index (χ0n) is 17.6. The Balaban J connectivity index is 1.19. The summed E-state index contributed by atoms with van der Waals surface area (Å²) < 4.78 is 0. The van der Waals surface area contributed by atoms with E-state index in [9.17, 15) is 9.59 Å². The molecule has 1 saturated carbocycles. The second-order valence-corrected chi connectivity index (χ2v) is 8.77. The number of carbonyl (C=O) groups is 2. The summed E-state index contributed by atoms with van der Waals surface area (Å²) in [5.74, 6) is 1.18. The molecule has 0 aromatic carbocycles. The lowest BCUT2D eigenvalue weighted by molar-refractivity contribution is -0.140. The Morgan fingerprint density at radius 2 is 1.72 bits per heavy atom. The first-order valence-electron chi connectivity index (χ1n) is 11.5. The van der Waals surface area contributed by atoms with Crippen molar-refractivity contribution in [3.05, 3.63) is 12.2 Å². The van der Waals surface area contributed by atoms with Crippen LogP contribution in [-0.2, 0) is 9.59 Å². The Bertz CT molecular complexity index is 640. The number of amides is 2. The molecule has 2 bridgehead atoms. The number of nitrogens with zero attached hydrogens (tertiary/aromatic N) is 3. The van der Waals surface area contributed by atoms with Gasteiger partial charge in [-0.1, -0.05) is 12.2 Å². The van der Waals surface area contributed by atoms with E-state index in [2.05, 4.69) is 32.7 Å². The smallest absolute Gasteiger partial charge is 0.233 e. The molecular weight excluding hydrogens is 366 g/mol. The number of hydrogen-bond donors (Lipinski definition) is 2. The Hall–Kier alpha value is -1.89. The average molecular weight is 402 g/mol. The van der Waals surface area contributed by atoms with E-state index in [1.807, 2.05) is 6.92 Å². The van der Waals surface area contributed by atoms with Crippen LogP contribution in [-0.4, -0.2) is 73.4 Å². The maximum Gasteiger partial charge on any atom is 0.233 e. The number of aliphatic imine (C=N–C) groups is 1. The minimum atomic E-state index is -0.102. The van der Waals surface area contributed by atoms with Gasteiger partial charge >= 0.3 is 0 Å². The first kappa shape index (κ1) is 20.4. The number of fused-ring (bicyclic) bond motifs is 5. The predicted octanol–water partition coefficient (Wildman–Crippen LogP) is 1.22. The minimum absolute atomic E-state index is 0.0301. The maximum absolute atomic E-state index is 12.7. The van der Waals surface area contributed by atoms with E-state index in [4.69, 9.17) is 0 Å². The van der Waals surface area contributed by atoms with Crippen molar-refractivity contribution < 1.29 is 9.59 Å². The summed E-state index contributed by atoms with van der Waals surface area (Å²) in [7, 11) is 0. The van der Waals surface area contributed by atoms with Crippen molar-refractivity contribution in [3.63, 3.8) is 0 Å². The number of rotatable bonds is 9. The van der Waals surface area contributed by atoms with Gasteiger partial charge in [0.1, 0.15) is 0 Å². The summed E-state index contributed by atoms with van der Waals surface area (Å²) >= 11 is 0. The number of nitrogens with one attached hydrogen (secondary N) is 2. The summed E-state index contributed by atoms with van der Waals surface area (Å²) in [5, 5.41) is 6.55. The Kier molecular flexibility index (Phi) is 6.53. The number of guanidine groups is 1. The fourth-order valence-corrected chi connectivity index (χ4v) is 5.46. The fraction of sp³-hybridized carbons (Fsp3) is 0.773. The van der Waals surface area contributed by atoms with Gasteiger partial charge in [0, 0.05) is 26.2 Å². The van der Waals surface area contributed by atoms with Crippen LogP contribution >= 0.6 is 0 Å². The Morgan fingerprint density at radius 1 is 1.03 bits per heavy atom. The summed E-state index contributed by atoms with van der Waals surface area (Å²) in [6.45, 7) is 8.27. The zero-order chi connectivity index (χ0) is 20.2. The number of likely N-dealkylation sites (tertiary alicyclic amines) is 2. The largest absolute Gasteiger partial charge is 0.357 e. The Labute approximate surface area is 174 Å². The van der Waals surface area contributed by atoms with E-state index >= 15 is 0 Å². The van der Waals surface area contributed by atoms with Gasteiger partial charge in [0.15, 0.2) is 5.96 Å². The van der Waals surface area contributed by atoms with E-state index in [1.54, 1.807) is 0 Å². The van der Waals surface area contributed by atoms with Gasteiger partial charge in [0.25, 0.3) is 0 Å². The van der Waals surface area contributed by atoms with Gasteiger partial charge in [-0.2, -0.15) is 0 Å². The van der Waals surface area contributed by atoms with Crippen molar-refractivity contribution in [1.82, 2.24) is 20.4 Å². The molecule has 0 spiro atoms. The molecule has 4 aliphatic rings. The molecule has 29 heavy (non-hydrogen) atoms. The number of hydrogen-bond acceptors (Lipinski definition) is 4. The zero-order valence-corrected chi connectivity index (χ0v) is 17.6. The topological polar surface area (TPSA) is 77.0 Å². The number of carbonyl (C=O) groups excluding carboxylic acids is 2. The lowest BCUT2D eigenvalue weighted by Crippen LogP contribution is -2.43. The molecule has 0 aromatic heterocycles. The molecule has 2 aliphatic carbocycles. The lowest BCUT2D eigenvalue weighted by atomic mass is 9.85. The number of imide groups is 1. The van der Waals surface area contributed by atoms with E-state index in [-0.39, 0.29) is 35.5 Å². The first-order chi connectivity index (χ1) is 14.2. The monoisotopic (exact) mass is 401 g/mol. The van der Waals surface area contributed by atoms with Gasteiger partial charge in [-0.3, -0.25) is 19.5 Å². The molecule has 7 heteroatoms. The second-order valence-electron chi connectivity index (χ2n) is 8.77. The van der Waals surface area contributed by atoms with Crippen LogP contribution < -0.4 is 10.6 Å². The van der Waals surface area contributed by atoms with Crippen LogP contribution in [0, 0.1) is 23.7 Å². The molecule has 4 rings (SSSR count). The van der Waals surface area contributed by atoms with E-state index in [0.717, 1.165) is 31.9 Å². The van der Waals surface area contributed by atoms with Gasteiger partial charge in [-0.05, 0) is 70.5 Å². The Morgan fingerprint density at radius 3 is 2.38 bits per heavy atom. The quantitative estimate of drug-likeness (QED) is 0.200. The molecule has 2 amide bonds. The third-order valence-electron chi connectivity index (χ3n) is 6.88. The van der Waals surface area contributed by atoms with Gasteiger partial charge < -0.3 is 15.5 Å². The van der Waals surface area contributed by atoms with Gasteiger partial charge in [-0.15, -0.1) is 0 Å². The molecule has 0 aromatic rings. The van der Waals surface area contributed by atoms with Crippen LogP contribution in [0.25, 0.3) is 0 Å². The van der Waals surface area contributed by atoms with Crippen LogP contribution in [0.4, 0.5) is 0 Å². The van der Waals surface area contributed by atoms with Crippen molar-refractivity contribution in [1.29, 1.82) is 0 Å². The lowest BCUT2D eigenvalue weighted by Gasteiger charge is -2.18. The summed E-state index contributed by atoms with van der Waals surface area (Å²) in [5.41, 5.74) is 0. The third kappa shape index (κ3) is 4.34. The van der Waals surface area contributed by atoms with Crippen molar-refractivity contribution in [3.8, 4) is 0 Å². The highest BCUT2D eigenvalue weighted by Crippen LogP contribution is 2.52. The molecule has 160 valence electrons. The highest BCUT2D eigenvalue weighted by molar-refractivity contribution is 6.06. The van der Waals surface area contributed by atoms with Crippen LogP contribution in [0.2, 0.25) is 0 Å². The molecule has 2 aliphatic heterocycles. The highest BCUT2D eigenvalue weighted by Gasteiger charge is 2.58. The normalized spacial score (nSPS) is 31.2. The van der Waals surface area contributed by atoms with Crippen LogP contribution in [0.3, 0.4) is 0 Å². The van der Waals surface area contributed by atoms with E-state index < -0.39 is 0 Å². The molecule has 4 atom stereocenters. The molecule has 2 N–H and O–H groups in total. The molecule has 2 saturated heterocycles. The van der Waals surface area contributed by atoms with Crippen molar-refractivity contribution in [2.45, 2.75) is 39.0 Å². The van der Waals surface area contributed by atoms with E-state index in [1.165, 1.54) is 43.8 Å². The van der Waals surface area contributed by atoms with Crippen molar-refractivity contribution in [2.24, 2.45) is 28.7 Å². The molecule has 2 heterocycles. The van der Waals surface area contributed by atoms with E-state index in [0.29, 0.717) is 13.1 Å². The van der Waals surface area contributed by atoms with Crippen LogP contribution in [0.15, 0.2) is 17.1 Å². The molecule has 7 nitrogen and oxygen atoms in total. The first-order valence-corrected chi connectivity index (χ1v) is 11.5. The fourth-order valence-electron chi connectivity index (χ4n) is 5.46. The van der Waals surface area contributed by atoms with Gasteiger partial charge in [0.05, 0.1) is 11.8 Å². The third-order valence-corrected chi connectivity index (χ3v) is 6.88. The predicted molar refractivity (Wildman–Crippen MR) is 113 cm³/mol. The summed E-state index contributed by atoms with van der Waals surface area (Å²) in [6, 6.07) is 0. The van der Waals surface area contributed by atoms with Crippen LogP contribution in [0.5, 0.6) is 0 Å². The van der Waals surface area contributed by atoms with Crippen LogP contribution in [0.1, 0.15) is 39.0 Å². The van der Waals surface area contributed by atoms with Gasteiger partial charge in [-0.25, -0.2) is 0 Å². The van der Waals surface area contributed by atoms with Gasteiger partial charge in [0.2, 0.25) is 11.8 Å². The number of unbranched alkanes of at least 4 members (excludes halogenated alkanes) is 1. The molecular formula is C22H35N5O2. The number of allylic oxidation sites excluding steroid dienone is 2. The SMILES string of the molecule is CCNC(=NCCCCN1CCCC1)NCCN1C(=O)C2C3C=CC(C3)C2C1=O. The molecule has 3 fully saturated rings. The highest BCUT2D eigenvalue weighted by atomic mass is 16.2. The van der Waals surface area contributed by atoms with Crippen molar-refractivity contribution >= 4 is 17.8 Å².